The van der Waals surface area contributed by atoms with Gasteiger partial charge in [-0.2, -0.15) is 5.10 Å². The van der Waals surface area contributed by atoms with Crippen molar-refractivity contribution in [3.63, 3.8) is 0 Å². The van der Waals surface area contributed by atoms with Gasteiger partial charge in [0.15, 0.2) is 0 Å². The quantitative estimate of drug-likeness (QED) is 0.567. The molecule has 1 heterocycles. The number of nitrogens with one attached hydrogen (secondary N) is 1. The SMILES string of the molecule is CC(C)(CNC(=O)/C=C/c1cn(Cc2ccccc2)nc1-c1ccccc1)C(N)=O. The molecule has 0 aliphatic heterocycles. The van der Waals surface area contributed by atoms with Gasteiger partial charge in [-0.05, 0) is 25.5 Å². The normalized spacial score (nSPS) is 11.5. The van der Waals surface area contributed by atoms with Crippen molar-refractivity contribution < 1.29 is 9.59 Å². The highest BCUT2D eigenvalue weighted by Gasteiger charge is 2.25. The highest BCUT2D eigenvalue weighted by molar-refractivity contribution is 5.93. The van der Waals surface area contributed by atoms with Crippen LogP contribution in [0.15, 0.2) is 72.9 Å². The molecule has 6 nitrogen and oxygen atoms in total. The van der Waals surface area contributed by atoms with E-state index in [4.69, 9.17) is 10.8 Å². The summed E-state index contributed by atoms with van der Waals surface area (Å²) in [6, 6.07) is 19.9. The summed E-state index contributed by atoms with van der Waals surface area (Å²) in [5.74, 6) is -0.750. The van der Waals surface area contributed by atoms with E-state index in [0.717, 1.165) is 22.4 Å². The van der Waals surface area contributed by atoms with Gasteiger partial charge in [0, 0.05) is 29.9 Å². The van der Waals surface area contributed by atoms with Crippen LogP contribution < -0.4 is 11.1 Å². The van der Waals surface area contributed by atoms with Crippen LogP contribution in [0.3, 0.4) is 0 Å². The number of aromatic nitrogens is 2. The van der Waals surface area contributed by atoms with Crippen molar-refractivity contribution in [3.8, 4) is 11.3 Å². The van der Waals surface area contributed by atoms with Gasteiger partial charge in [-0.15, -0.1) is 0 Å². The summed E-state index contributed by atoms with van der Waals surface area (Å²) in [5.41, 5.74) is 8.29. The second-order valence-corrected chi connectivity index (χ2v) is 7.78. The third kappa shape index (κ3) is 5.44. The molecule has 1 aromatic heterocycles. The molecule has 30 heavy (non-hydrogen) atoms. The van der Waals surface area contributed by atoms with E-state index in [0.29, 0.717) is 6.54 Å². The number of benzene rings is 2. The largest absolute Gasteiger partial charge is 0.369 e. The van der Waals surface area contributed by atoms with Gasteiger partial charge >= 0.3 is 0 Å². The summed E-state index contributed by atoms with van der Waals surface area (Å²) in [7, 11) is 0. The third-order valence-electron chi connectivity index (χ3n) is 4.81. The minimum atomic E-state index is -0.806. The summed E-state index contributed by atoms with van der Waals surface area (Å²) in [4.78, 5) is 23.7. The zero-order valence-corrected chi connectivity index (χ0v) is 17.2. The van der Waals surface area contributed by atoms with E-state index in [-0.39, 0.29) is 12.5 Å². The number of rotatable bonds is 8. The highest BCUT2D eigenvalue weighted by atomic mass is 16.2. The van der Waals surface area contributed by atoms with Gasteiger partial charge < -0.3 is 11.1 Å². The zero-order chi connectivity index (χ0) is 21.6. The number of nitrogens with zero attached hydrogens (tertiary/aromatic N) is 2. The fourth-order valence-electron chi connectivity index (χ4n) is 2.85. The van der Waals surface area contributed by atoms with Crippen LogP contribution in [-0.4, -0.2) is 28.1 Å². The average Bonchev–Trinajstić information content (AvgIpc) is 3.14. The first-order valence-corrected chi connectivity index (χ1v) is 9.78. The summed E-state index contributed by atoms with van der Waals surface area (Å²) >= 11 is 0. The fraction of sp³-hybridized carbons (Fsp3) is 0.208. The van der Waals surface area contributed by atoms with Crippen LogP contribution in [0.1, 0.15) is 25.0 Å². The van der Waals surface area contributed by atoms with Gasteiger partial charge in [-0.3, -0.25) is 14.3 Å². The molecule has 2 aromatic carbocycles. The Balaban J connectivity index is 1.81. The number of primary amides is 1. The van der Waals surface area contributed by atoms with Crippen molar-refractivity contribution in [1.29, 1.82) is 0 Å². The molecular weight excluding hydrogens is 376 g/mol. The van der Waals surface area contributed by atoms with Crippen molar-refractivity contribution in [2.24, 2.45) is 11.1 Å². The Morgan fingerprint density at radius 3 is 2.33 bits per heavy atom. The monoisotopic (exact) mass is 402 g/mol. The molecule has 0 unspecified atom stereocenters. The van der Waals surface area contributed by atoms with E-state index >= 15 is 0 Å². The van der Waals surface area contributed by atoms with E-state index < -0.39 is 11.3 Å². The van der Waals surface area contributed by atoms with Crippen LogP contribution in [-0.2, 0) is 16.1 Å². The molecule has 0 radical (unpaired) electrons. The van der Waals surface area contributed by atoms with Crippen molar-refractivity contribution >= 4 is 17.9 Å². The Labute approximate surface area is 176 Å². The summed E-state index contributed by atoms with van der Waals surface area (Å²) in [6.07, 6.45) is 5.11. The number of amides is 2. The van der Waals surface area contributed by atoms with Crippen LogP contribution in [0.25, 0.3) is 17.3 Å². The lowest BCUT2D eigenvalue weighted by molar-refractivity contribution is -0.126. The number of hydrogen-bond donors (Lipinski definition) is 2. The Hall–Kier alpha value is -3.67. The van der Waals surface area contributed by atoms with Crippen LogP contribution in [0.2, 0.25) is 0 Å². The topological polar surface area (TPSA) is 90.0 Å². The van der Waals surface area contributed by atoms with Crippen molar-refractivity contribution in [2.75, 3.05) is 6.54 Å². The van der Waals surface area contributed by atoms with Crippen molar-refractivity contribution in [1.82, 2.24) is 15.1 Å². The smallest absolute Gasteiger partial charge is 0.244 e. The predicted molar refractivity (Wildman–Crippen MR) is 118 cm³/mol. The average molecular weight is 402 g/mol. The molecule has 2 amide bonds. The number of carbonyl (C=O) groups excluding carboxylic acids is 2. The van der Waals surface area contributed by atoms with Gasteiger partial charge in [0.2, 0.25) is 11.8 Å². The molecule has 154 valence electrons. The molecule has 0 bridgehead atoms. The Morgan fingerprint density at radius 2 is 1.70 bits per heavy atom. The van der Waals surface area contributed by atoms with Crippen LogP contribution >= 0.6 is 0 Å². The Bertz CT molecular complexity index is 1040. The van der Waals surface area contributed by atoms with Gasteiger partial charge in [-0.25, -0.2) is 0 Å². The third-order valence-corrected chi connectivity index (χ3v) is 4.81. The number of nitrogens with two attached hydrogens (primary N) is 1. The lowest BCUT2D eigenvalue weighted by Gasteiger charge is -2.19. The summed E-state index contributed by atoms with van der Waals surface area (Å²) in [5, 5.41) is 7.46. The molecule has 3 rings (SSSR count). The molecule has 0 aliphatic rings. The van der Waals surface area contributed by atoms with Crippen LogP contribution in [0.4, 0.5) is 0 Å². The highest BCUT2D eigenvalue weighted by Crippen LogP contribution is 2.23. The lowest BCUT2D eigenvalue weighted by Crippen LogP contribution is -2.41. The number of hydrogen-bond acceptors (Lipinski definition) is 3. The van der Waals surface area contributed by atoms with Gasteiger partial charge in [-0.1, -0.05) is 60.7 Å². The first kappa shape index (κ1) is 21.0. The minimum Gasteiger partial charge on any atom is -0.369 e. The van der Waals surface area contributed by atoms with E-state index in [1.807, 2.05) is 71.5 Å². The van der Waals surface area contributed by atoms with Crippen molar-refractivity contribution in [3.05, 3.63) is 84.1 Å². The lowest BCUT2D eigenvalue weighted by atomic mass is 9.93. The van der Waals surface area contributed by atoms with Crippen molar-refractivity contribution in [2.45, 2.75) is 20.4 Å². The molecule has 0 spiro atoms. The Kier molecular flexibility index (Phi) is 6.47. The zero-order valence-electron chi connectivity index (χ0n) is 17.2. The van der Waals surface area contributed by atoms with E-state index in [2.05, 4.69) is 5.32 Å². The van der Waals surface area contributed by atoms with Gasteiger partial charge in [0.25, 0.3) is 0 Å². The maximum atomic E-state index is 12.3. The minimum absolute atomic E-state index is 0.171. The van der Waals surface area contributed by atoms with E-state index in [1.165, 1.54) is 6.08 Å². The number of carbonyl (C=O) groups is 2. The molecular formula is C24H26N4O2. The first-order chi connectivity index (χ1) is 14.3. The van der Waals surface area contributed by atoms with Gasteiger partial charge in [0.1, 0.15) is 0 Å². The maximum Gasteiger partial charge on any atom is 0.244 e. The molecule has 0 saturated carbocycles. The molecule has 3 N–H and O–H groups in total. The maximum absolute atomic E-state index is 12.3. The molecule has 6 heteroatoms. The fourth-order valence-corrected chi connectivity index (χ4v) is 2.85. The summed E-state index contributed by atoms with van der Waals surface area (Å²) in [6.45, 7) is 4.19. The van der Waals surface area contributed by atoms with Crippen LogP contribution in [0, 0.1) is 5.41 Å². The molecule has 0 atom stereocenters. The molecule has 0 saturated heterocycles. The second-order valence-electron chi connectivity index (χ2n) is 7.78. The summed E-state index contributed by atoms with van der Waals surface area (Å²) < 4.78 is 1.87. The molecule has 3 aromatic rings. The van der Waals surface area contributed by atoms with Crippen LogP contribution in [0.5, 0.6) is 0 Å². The van der Waals surface area contributed by atoms with Gasteiger partial charge in [0.05, 0.1) is 17.7 Å². The first-order valence-electron chi connectivity index (χ1n) is 9.78. The van der Waals surface area contributed by atoms with E-state index in [9.17, 15) is 9.59 Å². The Morgan fingerprint density at radius 1 is 1.07 bits per heavy atom. The molecule has 0 fully saturated rings. The second kappa shape index (κ2) is 9.22. The standard InChI is InChI=1S/C24H26N4O2/c1-24(2,23(25)30)17-26-21(29)14-13-20-16-28(15-18-9-5-3-6-10-18)27-22(20)19-11-7-4-8-12-19/h3-14,16H,15,17H2,1-2H3,(H2,25,30)(H,26,29)/b14-13+. The molecule has 0 aliphatic carbocycles. The van der Waals surface area contributed by atoms with E-state index in [1.54, 1.807) is 19.9 Å². The predicted octanol–water partition coefficient (Wildman–Crippen LogP) is 3.24.